The third kappa shape index (κ3) is 5.96. The first-order valence-corrected chi connectivity index (χ1v) is 16.0. The van der Waals surface area contributed by atoms with Gasteiger partial charge in [0.25, 0.3) is 0 Å². The number of benzene rings is 2. The number of anilines is 4. The van der Waals surface area contributed by atoms with Crippen LogP contribution in [0.2, 0.25) is 10.0 Å². The number of rotatable bonds is 6. The van der Waals surface area contributed by atoms with Gasteiger partial charge in [0.05, 0.1) is 22.2 Å². The lowest BCUT2D eigenvalue weighted by Crippen LogP contribution is -2.32. The Morgan fingerprint density at radius 2 is 1.76 bits per heavy atom. The van der Waals surface area contributed by atoms with Crippen molar-refractivity contribution in [3.63, 3.8) is 0 Å². The summed E-state index contributed by atoms with van der Waals surface area (Å²) in [7, 11) is -2.91. The van der Waals surface area contributed by atoms with Crippen molar-refractivity contribution in [3.05, 3.63) is 63.5 Å². The molecular weight excluding hydrogens is 531 g/mol. The first-order chi connectivity index (χ1) is 17.7. The molecule has 1 aromatic heterocycles. The first kappa shape index (κ1) is 26.4. The lowest BCUT2D eigenvalue weighted by atomic mass is 10.0. The van der Waals surface area contributed by atoms with Crippen molar-refractivity contribution in [1.29, 1.82) is 0 Å². The minimum Gasteiger partial charge on any atom is -0.338 e. The molecule has 5 rings (SSSR count). The van der Waals surface area contributed by atoms with E-state index in [-0.39, 0.29) is 15.3 Å². The van der Waals surface area contributed by atoms with Crippen LogP contribution in [0.25, 0.3) is 0 Å². The van der Waals surface area contributed by atoms with Crippen molar-refractivity contribution < 1.29 is 8.96 Å². The van der Waals surface area contributed by atoms with Gasteiger partial charge in [-0.15, -0.1) is 0 Å². The molecule has 1 aliphatic carbocycles. The summed E-state index contributed by atoms with van der Waals surface area (Å²) >= 11 is 12.5. The molecule has 6 nitrogen and oxygen atoms in total. The zero-order valence-corrected chi connectivity index (χ0v) is 23.4. The van der Waals surface area contributed by atoms with Crippen molar-refractivity contribution in [2.75, 3.05) is 37.1 Å². The summed E-state index contributed by atoms with van der Waals surface area (Å²) in [6, 6.07) is 9.83. The fourth-order valence-corrected chi connectivity index (χ4v) is 7.58. The van der Waals surface area contributed by atoms with E-state index in [1.165, 1.54) is 68.2 Å². The molecule has 1 fully saturated rings. The SMILES string of the molecule is CP(C)(=O)c1c(Nc2nc(Nc3ccc4c(c3)CC[C@@H](N3CCCC3)CC4)ncc2Cl)ccc(F)c1Cl. The van der Waals surface area contributed by atoms with Crippen LogP contribution in [0.15, 0.2) is 36.5 Å². The molecule has 0 amide bonds. The quantitative estimate of drug-likeness (QED) is 0.249. The number of halogens is 3. The van der Waals surface area contributed by atoms with Crippen molar-refractivity contribution >= 4 is 58.8 Å². The van der Waals surface area contributed by atoms with Crippen LogP contribution >= 0.6 is 30.3 Å². The van der Waals surface area contributed by atoms with Gasteiger partial charge < -0.3 is 20.1 Å². The summed E-state index contributed by atoms with van der Waals surface area (Å²) in [6.45, 7) is 5.55. The van der Waals surface area contributed by atoms with E-state index in [9.17, 15) is 8.96 Å². The molecule has 3 aromatic rings. The van der Waals surface area contributed by atoms with E-state index in [1.54, 1.807) is 13.3 Å². The zero-order chi connectivity index (χ0) is 26.2. The van der Waals surface area contributed by atoms with Crippen LogP contribution in [-0.4, -0.2) is 47.3 Å². The molecule has 1 aliphatic heterocycles. The summed E-state index contributed by atoms with van der Waals surface area (Å²) in [6.07, 6.45) is 8.69. The Balaban J connectivity index is 1.35. The van der Waals surface area contributed by atoms with Gasteiger partial charge in [0.1, 0.15) is 18.0 Å². The topological polar surface area (TPSA) is 70.2 Å². The van der Waals surface area contributed by atoms with E-state index in [0.29, 0.717) is 23.5 Å². The molecule has 0 spiro atoms. The second kappa shape index (κ2) is 10.9. The second-order valence-electron chi connectivity index (χ2n) is 10.2. The highest BCUT2D eigenvalue weighted by atomic mass is 35.5. The number of aromatic nitrogens is 2. The molecule has 1 atom stereocenters. The van der Waals surface area contributed by atoms with Crippen molar-refractivity contribution in [3.8, 4) is 0 Å². The second-order valence-corrected chi connectivity index (χ2v) is 14.1. The Bertz CT molecular complexity index is 1360. The third-order valence-corrected chi connectivity index (χ3v) is 9.54. The summed E-state index contributed by atoms with van der Waals surface area (Å²) < 4.78 is 27.0. The number of nitrogens with zero attached hydrogens (tertiary/aromatic N) is 3. The standard InChI is InChI=1S/C27H31Cl2FN5OP/c1-37(2,36)25-23(12-11-22(30)24(25)29)33-26-21(28)16-31-27(34-26)32-19-8-5-17-6-9-20(10-7-18(17)15-19)35-13-3-4-14-35/h5,8,11-12,15-16,20H,3-4,6-7,9-10,13-14H2,1-2H3,(H2,31,32,33,34)/t20-/m0/s1. The number of likely N-dealkylation sites (tertiary alicyclic amines) is 1. The van der Waals surface area contributed by atoms with Crippen LogP contribution in [0.1, 0.15) is 36.8 Å². The smallest absolute Gasteiger partial charge is 0.229 e. The number of fused-ring (bicyclic) bond motifs is 1. The Morgan fingerprint density at radius 3 is 2.49 bits per heavy atom. The molecule has 2 N–H and O–H groups in total. The van der Waals surface area contributed by atoms with Crippen LogP contribution in [0.3, 0.4) is 0 Å². The average Bonchev–Trinajstić information content (AvgIpc) is 3.30. The van der Waals surface area contributed by atoms with E-state index in [4.69, 9.17) is 23.2 Å². The zero-order valence-electron chi connectivity index (χ0n) is 21.0. The first-order valence-electron chi connectivity index (χ1n) is 12.6. The van der Waals surface area contributed by atoms with Gasteiger partial charge in [-0.1, -0.05) is 29.3 Å². The van der Waals surface area contributed by atoms with E-state index in [1.807, 2.05) is 0 Å². The summed E-state index contributed by atoms with van der Waals surface area (Å²) in [5.41, 5.74) is 4.08. The molecular formula is C27H31Cl2FN5OP. The number of aryl methyl sites for hydroxylation is 2. The van der Waals surface area contributed by atoms with E-state index in [2.05, 4.69) is 43.7 Å². The van der Waals surface area contributed by atoms with Crippen LogP contribution in [0.5, 0.6) is 0 Å². The van der Waals surface area contributed by atoms with Gasteiger partial charge in [0.15, 0.2) is 5.82 Å². The van der Waals surface area contributed by atoms with E-state index < -0.39 is 13.0 Å². The Kier molecular flexibility index (Phi) is 7.78. The fourth-order valence-electron chi connectivity index (χ4n) is 5.38. The molecule has 2 heterocycles. The number of hydrogen-bond donors (Lipinski definition) is 2. The van der Waals surface area contributed by atoms with Crippen LogP contribution in [0.4, 0.5) is 27.5 Å². The third-order valence-electron chi connectivity index (χ3n) is 7.22. The lowest BCUT2D eigenvalue weighted by molar-refractivity contribution is 0.222. The van der Waals surface area contributed by atoms with Gasteiger partial charge >= 0.3 is 0 Å². The van der Waals surface area contributed by atoms with E-state index in [0.717, 1.165) is 18.5 Å². The number of hydrogen-bond acceptors (Lipinski definition) is 6. The summed E-state index contributed by atoms with van der Waals surface area (Å²) in [4.78, 5) is 11.5. The van der Waals surface area contributed by atoms with Crippen LogP contribution in [0, 0.1) is 5.82 Å². The van der Waals surface area contributed by atoms with Gasteiger partial charge in [0.2, 0.25) is 5.95 Å². The van der Waals surface area contributed by atoms with Crippen molar-refractivity contribution in [2.45, 2.75) is 44.6 Å². The van der Waals surface area contributed by atoms with Gasteiger partial charge in [0, 0.05) is 11.7 Å². The van der Waals surface area contributed by atoms with Crippen molar-refractivity contribution in [2.24, 2.45) is 0 Å². The van der Waals surface area contributed by atoms with Crippen molar-refractivity contribution in [1.82, 2.24) is 14.9 Å². The molecule has 37 heavy (non-hydrogen) atoms. The molecule has 0 bridgehead atoms. The Labute approximate surface area is 227 Å². The molecule has 2 aliphatic rings. The highest BCUT2D eigenvalue weighted by Gasteiger charge is 2.25. The predicted molar refractivity (Wildman–Crippen MR) is 152 cm³/mol. The average molecular weight is 562 g/mol. The van der Waals surface area contributed by atoms with Crippen LogP contribution in [-0.2, 0) is 17.4 Å². The number of nitrogens with one attached hydrogen (secondary N) is 2. The maximum atomic E-state index is 14.1. The predicted octanol–water partition coefficient (Wildman–Crippen LogP) is 7.00. The lowest BCUT2D eigenvalue weighted by Gasteiger charge is -2.25. The molecule has 10 heteroatoms. The van der Waals surface area contributed by atoms with Gasteiger partial charge in [-0.2, -0.15) is 4.98 Å². The van der Waals surface area contributed by atoms with Gasteiger partial charge in [-0.05, 0) is 100 Å². The summed E-state index contributed by atoms with van der Waals surface area (Å²) in [5, 5.41) is 6.69. The van der Waals surface area contributed by atoms with Crippen LogP contribution < -0.4 is 15.9 Å². The largest absolute Gasteiger partial charge is 0.338 e. The molecule has 1 saturated heterocycles. The fraction of sp³-hybridized carbons (Fsp3) is 0.407. The highest BCUT2D eigenvalue weighted by Crippen LogP contribution is 2.42. The Morgan fingerprint density at radius 1 is 1.03 bits per heavy atom. The minimum atomic E-state index is -2.91. The molecule has 0 unspecified atom stereocenters. The molecule has 0 saturated carbocycles. The molecule has 2 aromatic carbocycles. The summed E-state index contributed by atoms with van der Waals surface area (Å²) in [5.74, 6) is 0.0401. The monoisotopic (exact) mass is 561 g/mol. The Hall–Kier alpha value is -2.18. The molecule has 196 valence electrons. The van der Waals surface area contributed by atoms with E-state index >= 15 is 0 Å². The minimum absolute atomic E-state index is 0.168. The molecule has 0 radical (unpaired) electrons. The highest BCUT2D eigenvalue weighted by molar-refractivity contribution is 7.70. The van der Waals surface area contributed by atoms with Gasteiger partial charge in [-0.25, -0.2) is 9.37 Å². The normalized spacial score (nSPS) is 18.4. The maximum absolute atomic E-state index is 14.1. The van der Waals surface area contributed by atoms with Gasteiger partial charge in [-0.3, -0.25) is 0 Å². The maximum Gasteiger partial charge on any atom is 0.229 e.